The molecule has 208 valence electrons. The van der Waals surface area contributed by atoms with Gasteiger partial charge in [-0.15, -0.1) is 0 Å². The van der Waals surface area contributed by atoms with Crippen molar-refractivity contribution in [3.05, 3.63) is 12.2 Å². The molecule has 9 heteroatoms. The van der Waals surface area contributed by atoms with Crippen LogP contribution in [-0.4, -0.2) is 73.2 Å². The van der Waals surface area contributed by atoms with E-state index in [0.29, 0.717) is 6.42 Å². The molecule has 0 aromatic carbocycles. The van der Waals surface area contributed by atoms with Gasteiger partial charge in [-0.3, -0.25) is 9.59 Å². The van der Waals surface area contributed by atoms with Crippen LogP contribution in [0.15, 0.2) is 12.2 Å². The molecule has 0 radical (unpaired) electrons. The molecule has 2 unspecified atom stereocenters. The molecule has 8 nitrogen and oxygen atoms in total. The fourth-order valence-electron chi connectivity index (χ4n) is 4.80. The molecule has 2 saturated heterocycles. The van der Waals surface area contributed by atoms with Gasteiger partial charge in [0.25, 0.3) is 0 Å². The minimum absolute atomic E-state index is 0.0668. The Kier molecular flexibility index (Phi) is 9.79. The first kappa shape index (κ1) is 31.1. The maximum absolute atomic E-state index is 14.0. The first-order chi connectivity index (χ1) is 16.4. The van der Waals surface area contributed by atoms with E-state index in [1.165, 1.54) is 6.92 Å². The highest BCUT2D eigenvalue weighted by Gasteiger charge is 2.64. The molecule has 2 aliphatic heterocycles. The van der Waals surface area contributed by atoms with Crippen molar-refractivity contribution in [3.63, 3.8) is 0 Å². The molecule has 2 N–H and O–H groups in total. The van der Waals surface area contributed by atoms with Crippen molar-refractivity contribution in [1.29, 1.82) is 0 Å². The van der Waals surface area contributed by atoms with E-state index in [4.69, 9.17) is 18.6 Å². The first-order valence-corrected chi connectivity index (χ1v) is 16.0. The van der Waals surface area contributed by atoms with Gasteiger partial charge in [0.2, 0.25) is 0 Å². The van der Waals surface area contributed by atoms with Crippen LogP contribution in [0, 0.1) is 17.8 Å². The minimum atomic E-state index is -2.41. The van der Waals surface area contributed by atoms with E-state index < -0.39 is 49.7 Å². The van der Waals surface area contributed by atoms with Crippen molar-refractivity contribution >= 4 is 20.1 Å². The maximum atomic E-state index is 14.0. The summed E-state index contributed by atoms with van der Waals surface area (Å²) in [5.41, 5.74) is -0.778. The Hall–Kier alpha value is -1.10. The van der Waals surface area contributed by atoms with Crippen LogP contribution in [0.2, 0.25) is 18.1 Å². The summed E-state index contributed by atoms with van der Waals surface area (Å²) in [5, 5.41) is 21.2. The fourth-order valence-corrected chi connectivity index (χ4v) is 6.18. The van der Waals surface area contributed by atoms with Crippen LogP contribution < -0.4 is 0 Å². The fraction of sp³-hybridized carbons (Fsp3) is 0.852. The van der Waals surface area contributed by atoms with Crippen molar-refractivity contribution in [1.82, 2.24) is 0 Å². The van der Waals surface area contributed by atoms with E-state index in [9.17, 15) is 19.8 Å². The number of hydrogen-bond acceptors (Lipinski definition) is 8. The van der Waals surface area contributed by atoms with Crippen LogP contribution in [0.4, 0.5) is 0 Å². The van der Waals surface area contributed by atoms with Gasteiger partial charge in [0.05, 0.1) is 36.8 Å². The summed E-state index contributed by atoms with van der Waals surface area (Å²) in [6, 6.07) is 0. The van der Waals surface area contributed by atoms with E-state index in [-0.39, 0.29) is 42.5 Å². The number of esters is 1. The number of allylic oxidation sites excluding steroid dienone is 1. The Morgan fingerprint density at radius 2 is 1.89 bits per heavy atom. The van der Waals surface area contributed by atoms with Crippen molar-refractivity contribution < 1.29 is 38.4 Å². The van der Waals surface area contributed by atoms with Gasteiger partial charge in [0, 0.05) is 19.3 Å². The Morgan fingerprint density at radius 1 is 1.28 bits per heavy atom. The monoisotopic (exact) mass is 528 g/mol. The predicted octanol–water partition coefficient (Wildman–Crippen LogP) is 3.99. The number of ketones is 1. The van der Waals surface area contributed by atoms with Crippen LogP contribution in [-0.2, 0) is 28.2 Å². The SMILES string of the molecule is C/C=C\[C@H](C)[C@H]1OC1(C)[C@@H](O[Si](C)(C)C(C)(C)C)[C@@H](COC(C)=O)C(=O)[C@@H]1COC(O)(CC)C[C@H]1O. The van der Waals surface area contributed by atoms with E-state index in [2.05, 4.69) is 46.9 Å². The second kappa shape index (κ2) is 11.3. The number of Topliss-reactive ketones (excluding diaryl/α,β-unsaturated/α-hetero) is 1. The van der Waals surface area contributed by atoms with Crippen molar-refractivity contribution in [2.45, 2.75) is 116 Å². The quantitative estimate of drug-likeness (QED) is 0.179. The van der Waals surface area contributed by atoms with Gasteiger partial charge in [0.15, 0.2) is 14.1 Å². The Labute approximate surface area is 217 Å². The van der Waals surface area contributed by atoms with Crippen LogP contribution in [0.1, 0.15) is 68.2 Å². The lowest BCUT2D eigenvalue weighted by Crippen LogP contribution is -2.57. The molecule has 0 aliphatic carbocycles. The summed E-state index contributed by atoms with van der Waals surface area (Å²) in [5.74, 6) is -3.92. The maximum Gasteiger partial charge on any atom is 0.302 e. The highest BCUT2D eigenvalue weighted by Crippen LogP contribution is 2.51. The molecule has 0 amide bonds. The summed E-state index contributed by atoms with van der Waals surface area (Å²) in [6.45, 7) is 19.3. The smallest absolute Gasteiger partial charge is 0.302 e. The van der Waals surface area contributed by atoms with Crippen LogP contribution in [0.25, 0.3) is 0 Å². The number of ether oxygens (including phenoxy) is 3. The Bertz CT molecular complexity index is 821. The Morgan fingerprint density at radius 3 is 2.36 bits per heavy atom. The number of carbonyl (C=O) groups is 2. The predicted molar refractivity (Wildman–Crippen MR) is 140 cm³/mol. The number of rotatable bonds is 11. The zero-order valence-electron chi connectivity index (χ0n) is 23.8. The molecule has 0 aromatic heterocycles. The molecule has 0 aromatic rings. The number of hydrogen-bond donors (Lipinski definition) is 2. The molecule has 2 heterocycles. The third-order valence-electron chi connectivity index (χ3n) is 8.29. The molecule has 2 rings (SSSR count). The molecular formula is C27H48O8Si. The number of aliphatic hydroxyl groups excluding tert-OH is 1. The minimum Gasteiger partial charge on any atom is -0.465 e. The van der Waals surface area contributed by atoms with Crippen LogP contribution in [0.5, 0.6) is 0 Å². The number of aliphatic hydroxyl groups is 2. The summed E-state index contributed by atoms with van der Waals surface area (Å²) in [7, 11) is -2.41. The van der Waals surface area contributed by atoms with Gasteiger partial charge < -0.3 is 28.8 Å². The second-order valence-corrected chi connectivity index (χ2v) is 17.0. The second-order valence-electron chi connectivity index (χ2n) is 12.2. The van der Waals surface area contributed by atoms with Gasteiger partial charge in [-0.05, 0) is 38.4 Å². The average molecular weight is 529 g/mol. The standard InChI is InChI=1S/C27H48O8Si/c1-11-13-17(3)23-26(8,34-23)24(35-36(9,10)25(5,6)7)20(15-32-18(4)28)22(30)19-16-33-27(31,12-2)14-21(19)29/h11,13,17,19-21,23-24,29,31H,12,14-16H2,1-10H3/b13-11-/t17-,19+,20-,21+,23+,24-,26?,27?/m0/s1. The van der Waals surface area contributed by atoms with Gasteiger partial charge in [-0.1, -0.05) is 46.8 Å². The topological polar surface area (TPSA) is 115 Å². The summed E-state index contributed by atoms with van der Waals surface area (Å²) < 4.78 is 24.2. The summed E-state index contributed by atoms with van der Waals surface area (Å²) in [6.07, 6.45) is 2.32. The third-order valence-corrected chi connectivity index (χ3v) is 12.7. The zero-order valence-corrected chi connectivity index (χ0v) is 24.8. The van der Waals surface area contributed by atoms with Crippen molar-refractivity contribution in [3.8, 4) is 0 Å². The molecular weight excluding hydrogens is 480 g/mol. The summed E-state index contributed by atoms with van der Waals surface area (Å²) >= 11 is 0. The first-order valence-electron chi connectivity index (χ1n) is 13.1. The molecule has 0 bridgehead atoms. The molecule has 2 fully saturated rings. The highest BCUT2D eigenvalue weighted by molar-refractivity contribution is 6.74. The zero-order chi connectivity index (χ0) is 27.7. The van der Waals surface area contributed by atoms with Gasteiger partial charge in [-0.2, -0.15) is 0 Å². The largest absolute Gasteiger partial charge is 0.465 e. The number of carbonyl (C=O) groups excluding carboxylic acids is 2. The molecule has 2 aliphatic rings. The van der Waals surface area contributed by atoms with E-state index in [0.717, 1.165) is 0 Å². The third kappa shape index (κ3) is 6.85. The lowest BCUT2D eigenvalue weighted by atomic mass is 9.78. The van der Waals surface area contributed by atoms with Crippen LogP contribution in [0.3, 0.4) is 0 Å². The lowest BCUT2D eigenvalue weighted by molar-refractivity contribution is -0.258. The normalized spacial score (nSPS) is 33.7. The molecule has 36 heavy (non-hydrogen) atoms. The van der Waals surface area contributed by atoms with E-state index in [1.807, 2.05) is 19.9 Å². The van der Waals surface area contributed by atoms with Gasteiger partial charge >= 0.3 is 5.97 Å². The van der Waals surface area contributed by atoms with Crippen molar-refractivity contribution in [2.75, 3.05) is 13.2 Å². The van der Waals surface area contributed by atoms with Gasteiger partial charge in [-0.25, -0.2) is 0 Å². The molecule has 0 spiro atoms. The summed E-state index contributed by atoms with van der Waals surface area (Å²) in [4.78, 5) is 25.8. The van der Waals surface area contributed by atoms with E-state index >= 15 is 0 Å². The van der Waals surface area contributed by atoms with Gasteiger partial charge in [0.1, 0.15) is 18.0 Å². The number of epoxide rings is 1. The molecule has 0 saturated carbocycles. The van der Waals surface area contributed by atoms with Crippen molar-refractivity contribution in [2.24, 2.45) is 17.8 Å². The Balaban J connectivity index is 2.48. The average Bonchev–Trinajstić information content (AvgIpc) is 3.45. The molecule has 8 atom stereocenters. The lowest BCUT2D eigenvalue weighted by Gasteiger charge is -2.44. The highest BCUT2D eigenvalue weighted by atomic mass is 28.4. The van der Waals surface area contributed by atoms with E-state index in [1.54, 1.807) is 6.92 Å². The van der Waals surface area contributed by atoms with Crippen LogP contribution >= 0.6 is 0 Å².